The first-order chi connectivity index (χ1) is 12.7. The Bertz CT molecular complexity index is 1020. The highest BCUT2D eigenvalue weighted by atomic mass is 32.1. The molecule has 0 radical (unpaired) electrons. The quantitative estimate of drug-likeness (QED) is 0.697. The number of rotatable bonds is 3. The normalized spacial score (nSPS) is 15.3. The van der Waals surface area contributed by atoms with Gasteiger partial charge in [0.1, 0.15) is 10.8 Å². The fourth-order valence-corrected chi connectivity index (χ4v) is 4.75. The van der Waals surface area contributed by atoms with Crippen LogP contribution >= 0.6 is 11.3 Å². The molecule has 2 aliphatic rings. The molecule has 0 N–H and O–H groups in total. The van der Waals surface area contributed by atoms with Crippen molar-refractivity contribution in [1.29, 1.82) is 0 Å². The second kappa shape index (κ2) is 5.95. The van der Waals surface area contributed by atoms with Crippen molar-refractivity contribution in [2.24, 2.45) is 0 Å². The fraction of sp³-hybridized carbons (Fsp3) is 0.238. The third kappa shape index (κ3) is 2.42. The molecular formula is C21H18N2O2S. The first-order valence-corrected chi connectivity index (χ1v) is 9.67. The highest BCUT2D eigenvalue weighted by Crippen LogP contribution is 2.40. The lowest BCUT2D eigenvalue weighted by Gasteiger charge is -2.25. The third-order valence-corrected chi connectivity index (χ3v) is 6.02. The molecule has 0 unspecified atom stereocenters. The van der Waals surface area contributed by atoms with Crippen LogP contribution in [0.1, 0.15) is 17.5 Å². The van der Waals surface area contributed by atoms with Gasteiger partial charge in [0.15, 0.2) is 0 Å². The van der Waals surface area contributed by atoms with E-state index in [4.69, 9.17) is 9.72 Å². The fourth-order valence-electron chi connectivity index (χ4n) is 3.92. The lowest BCUT2D eigenvalue weighted by atomic mass is 9.96. The van der Waals surface area contributed by atoms with Crippen LogP contribution in [0.15, 0.2) is 41.8 Å². The SMILES string of the molecule is COc1cccc(-c2nc(-c3cc4c5c(c3)CC(=O)N5CCC4)cs2)c1. The lowest BCUT2D eigenvalue weighted by molar-refractivity contribution is -0.117. The highest BCUT2D eigenvalue weighted by Gasteiger charge is 2.32. The second-order valence-electron chi connectivity index (χ2n) is 6.74. The van der Waals surface area contributed by atoms with E-state index in [1.54, 1.807) is 18.4 Å². The molecule has 0 fully saturated rings. The molecule has 130 valence electrons. The van der Waals surface area contributed by atoms with Gasteiger partial charge in [-0.3, -0.25) is 4.79 Å². The summed E-state index contributed by atoms with van der Waals surface area (Å²) in [5, 5.41) is 3.08. The molecule has 0 bridgehead atoms. The molecule has 0 saturated carbocycles. The zero-order valence-electron chi connectivity index (χ0n) is 14.5. The van der Waals surface area contributed by atoms with Gasteiger partial charge in [0.2, 0.25) is 5.91 Å². The van der Waals surface area contributed by atoms with Crippen LogP contribution in [0.5, 0.6) is 5.75 Å². The summed E-state index contributed by atoms with van der Waals surface area (Å²) >= 11 is 1.63. The number of hydrogen-bond acceptors (Lipinski definition) is 4. The Hall–Kier alpha value is -2.66. The van der Waals surface area contributed by atoms with Gasteiger partial charge < -0.3 is 9.64 Å². The standard InChI is InChI=1S/C21H18N2O2S/c1-25-17-6-2-4-14(10-17)21-22-18(12-26-21)15-8-13-5-3-7-23-19(24)11-16(9-15)20(13)23/h2,4,6,8-10,12H,3,5,7,11H2,1H3. The topological polar surface area (TPSA) is 42.4 Å². The summed E-state index contributed by atoms with van der Waals surface area (Å²) in [6.45, 7) is 0.856. The van der Waals surface area contributed by atoms with Gasteiger partial charge in [0.05, 0.1) is 24.9 Å². The van der Waals surface area contributed by atoms with Crippen LogP contribution in [0.2, 0.25) is 0 Å². The summed E-state index contributed by atoms with van der Waals surface area (Å²) < 4.78 is 5.32. The number of amides is 1. The van der Waals surface area contributed by atoms with Crippen molar-refractivity contribution < 1.29 is 9.53 Å². The van der Waals surface area contributed by atoms with Gasteiger partial charge in [-0.1, -0.05) is 12.1 Å². The zero-order chi connectivity index (χ0) is 17.7. The number of benzene rings is 2. The predicted molar refractivity (Wildman–Crippen MR) is 104 cm³/mol. The molecule has 1 amide bonds. The van der Waals surface area contributed by atoms with Gasteiger partial charge in [-0.15, -0.1) is 11.3 Å². The Morgan fingerprint density at radius 3 is 2.92 bits per heavy atom. The van der Waals surface area contributed by atoms with E-state index in [1.807, 2.05) is 29.2 Å². The average Bonchev–Trinajstić information content (AvgIpc) is 3.28. The van der Waals surface area contributed by atoms with E-state index >= 15 is 0 Å². The minimum absolute atomic E-state index is 0.230. The van der Waals surface area contributed by atoms with Crippen LogP contribution in [0.3, 0.4) is 0 Å². The van der Waals surface area contributed by atoms with Crippen molar-refractivity contribution in [1.82, 2.24) is 4.98 Å². The van der Waals surface area contributed by atoms with Crippen molar-refractivity contribution in [2.45, 2.75) is 19.3 Å². The largest absolute Gasteiger partial charge is 0.497 e. The minimum atomic E-state index is 0.230. The number of aromatic nitrogens is 1. The highest BCUT2D eigenvalue weighted by molar-refractivity contribution is 7.13. The number of carbonyl (C=O) groups is 1. The van der Waals surface area contributed by atoms with Crippen LogP contribution in [-0.2, 0) is 17.6 Å². The number of nitrogens with zero attached hydrogens (tertiary/aromatic N) is 2. The van der Waals surface area contributed by atoms with Crippen molar-refractivity contribution >= 4 is 22.9 Å². The summed E-state index contributed by atoms with van der Waals surface area (Å²) in [4.78, 5) is 19.1. The zero-order valence-corrected chi connectivity index (χ0v) is 15.3. The van der Waals surface area contributed by atoms with Crippen molar-refractivity contribution in [3.8, 4) is 27.6 Å². The van der Waals surface area contributed by atoms with E-state index in [1.165, 1.54) is 5.56 Å². The second-order valence-corrected chi connectivity index (χ2v) is 7.60. The average molecular weight is 362 g/mol. The smallest absolute Gasteiger partial charge is 0.231 e. The maximum Gasteiger partial charge on any atom is 0.231 e. The molecule has 0 spiro atoms. The maximum absolute atomic E-state index is 12.2. The molecule has 2 aromatic carbocycles. The Morgan fingerprint density at radius 1 is 1.15 bits per heavy atom. The van der Waals surface area contributed by atoms with Gasteiger partial charge in [-0.25, -0.2) is 4.98 Å². The van der Waals surface area contributed by atoms with Gasteiger partial charge in [0, 0.05) is 23.1 Å². The molecule has 26 heavy (non-hydrogen) atoms. The molecule has 5 rings (SSSR count). The molecule has 3 heterocycles. The molecule has 0 atom stereocenters. The van der Waals surface area contributed by atoms with Crippen LogP contribution in [0.4, 0.5) is 5.69 Å². The van der Waals surface area contributed by atoms with Crippen molar-refractivity contribution in [2.75, 3.05) is 18.6 Å². The van der Waals surface area contributed by atoms with Crippen molar-refractivity contribution in [3.05, 3.63) is 52.9 Å². The van der Waals surface area contributed by atoms with Crippen LogP contribution in [-0.4, -0.2) is 24.5 Å². The number of methoxy groups -OCH3 is 1. The number of thiazole rings is 1. The number of hydrogen-bond donors (Lipinski definition) is 0. The van der Waals surface area contributed by atoms with Gasteiger partial charge in [-0.05, 0) is 48.2 Å². The molecule has 3 aromatic rings. The van der Waals surface area contributed by atoms with E-state index in [-0.39, 0.29) is 5.91 Å². The van der Waals surface area contributed by atoms with Gasteiger partial charge in [-0.2, -0.15) is 0 Å². The Kier molecular flexibility index (Phi) is 3.57. The molecule has 1 aromatic heterocycles. The molecule has 0 aliphatic carbocycles. The molecule has 5 heteroatoms. The Labute approximate surface area is 156 Å². The molecule has 0 saturated heterocycles. The van der Waals surface area contributed by atoms with Crippen LogP contribution < -0.4 is 9.64 Å². The first-order valence-electron chi connectivity index (χ1n) is 8.79. The lowest BCUT2D eigenvalue weighted by Crippen LogP contribution is -2.31. The number of anilines is 1. The van der Waals surface area contributed by atoms with E-state index in [0.717, 1.165) is 58.2 Å². The predicted octanol–water partition coefficient (Wildman–Crippen LogP) is 4.32. The van der Waals surface area contributed by atoms with E-state index in [2.05, 4.69) is 17.5 Å². The summed E-state index contributed by atoms with van der Waals surface area (Å²) in [7, 11) is 1.67. The van der Waals surface area contributed by atoms with Crippen LogP contribution in [0, 0.1) is 0 Å². The monoisotopic (exact) mass is 362 g/mol. The number of ether oxygens (including phenoxy) is 1. The summed E-state index contributed by atoms with van der Waals surface area (Å²) in [6.07, 6.45) is 2.59. The van der Waals surface area contributed by atoms with Gasteiger partial charge >= 0.3 is 0 Å². The first kappa shape index (κ1) is 15.6. The minimum Gasteiger partial charge on any atom is -0.497 e. The third-order valence-electron chi connectivity index (χ3n) is 5.12. The number of carbonyl (C=O) groups excluding carboxylic acids is 1. The molecule has 2 aliphatic heterocycles. The molecule has 4 nitrogen and oxygen atoms in total. The van der Waals surface area contributed by atoms with Crippen LogP contribution in [0.25, 0.3) is 21.8 Å². The molecular weight excluding hydrogens is 344 g/mol. The number of aryl methyl sites for hydroxylation is 1. The summed E-state index contributed by atoms with van der Waals surface area (Å²) in [5.74, 6) is 1.06. The Balaban J connectivity index is 1.55. The van der Waals surface area contributed by atoms with E-state index < -0.39 is 0 Å². The summed E-state index contributed by atoms with van der Waals surface area (Å²) in [6, 6.07) is 12.3. The van der Waals surface area contributed by atoms with Crippen molar-refractivity contribution in [3.63, 3.8) is 0 Å². The van der Waals surface area contributed by atoms with E-state index in [9.17, 15) is 4.79 Å². The van der Waals surface area contributed by atoms with E-state index in [0.29, 0.717) is 6.42 Å². The Morgan fingerprint density at radius 2 is 2.04 bits per heavy atom. The summed E-state index contributed by atoms with van der Waals surface area (Å²) in [5.41, 5.74) is 6.74. The van der Waals surface area contributed by atoms with Gasteiger partial charge in [0.25, 0.3) is 0 Å². The maximum atomic E-state index is 12.2.